The van der Waals surface area contributed by atoms with Crippen molar-refractivity contribution >= 4 is 5.82 Å². The van der Waals surface area contributed by atoms with E-state index >= 15 is 0 Å². The molecule has 2 N–H and O–H groups in total. The number of anilines is 1. The Kier molecular flexibility index (Phi) is 3.61. The van der Waals surface area contributed by atoms with E-state index in [1.807, 2.05) is 22.8 Å². The highest BCUT2D eigenvalue weighted by Gasteiger charge is 2.21. The van der Waals surface area contributed by atoms with Gasteiger partial charge in [-0.15, -0.1) is 0 Å². The van der Waals surface area contributed by atoms with Gasteiger partial charge in [0.1, 0.15) is 23.0 Å². The molecule has 0 atom stereocenters. The van der Waals surface area contributed by atoms with Crippen molar-refractivity contribution in [3.05, 3.63) is 24.5 Å². The van der Waals surface area contributed by atoms with Gasteiger partial charge in [-0.25, -0.2) is 4.98 Å². The first-order valence-corrected chi connectivity index (χ1v) is 6.44. The summed E-state index contributed by atoms with van der Waals surface area (Å²) in [4.78, 5) is 4.44. The lowest BCUT2D eigenvalue weighted by molar-refractivity contribution is 0.401. The molecule has 0 amide bonds. The summed E-state index contributed by atoms with van der Waals surface area (Å²) in [5, 5.41) is 0. The fourth-order valence-corrected chi connectivity index (χ4v) is 2.10. The van der Waals surface area contributed by atoms with Gasteiger partial charge < -0.3 is 19.8 Å². The average molecular weight is 275 g/mol. The van der Waals surface area contributed by atoms with E-state index in [0.29, 0.717) is 11.5 Å². The highest BCUT2D eigenvalue weighted by molar-refractivity contribution is 5.77. The van der Waals surface area contributed by atoms with Crippen LogP contribution in [0.4, 0.5) is 5.82 Å². The summed E-state index contributed by atoms with van der Waals surface area (Å²) in [5.74, 6) is 2.08. The molecule has 1 heterocycles. The number of ether oxygens (including phenoxy) is 2. The average Bonchev–Trinajstić information content (AvgIpc) is 2.79. The molecule has 0 bridgehead atoms. The molecule has 0 aliphatic carbocycles. The van der Waals surface area contributed by atoms with E-state index in [0.717, 1.165) is 17.1 Å². The van der Waals surface area contributed by atoms with E-state index in [-0.39, 0.29) is 5.54 Å². The van der Waals surface area contributed by atoms with Crippen LogP contribution in [-0.4, -0.2) is 23.8 Å². The van der Waals surface area contributed by atoms with Crippen molar-refractivity contribution < 1.29 is 9.47 Å². The maximum absolute atomic E-state index is 6.24. The molecule has 2 aromatic rings. The molecule has 0 aliphatic heterocycles. The smallest absolute Gasteiger partial charge is 0.132 e. The van der Waals surface area contributed by atoms with Gasteiger partial charge in [-0.1, -0.05) is 0 Å². The Morgan fingerprint density at radius 3 is 2.35 bits per heavy atom. The van der Waals surface area contributed by atoms with Crippen molar-refractivity contribution in [2.75, 3.05) is 20.0 Å². The van der Waals surface area contributed by atoms with Gasteiger partial charge in [-0.05, 0) is 39.0 Å². The first-order chi connectivity index (χ1) is 9.38. The fourth-order valence-electron chi connectivity index (χ4n) is 2.10. The molecule has 108 valence electrons. The molecule has 0 fully saturated rings. The highest BCUT2D eigenvalue weighted by atomic mass is 16.5. The van der Waals surface area contributed by atoms with Crippen LogP contribution in [0.1, 0.15) is 20.8 Å². The number of hydrogen-bond donors (Lipinski definition) is 1. The molecule has 5 heteroatoms. The zero-order valence-electron chi connectivity index (χ0n) is 12.6. The number of methoxy groups -OCH3 is 2. The SMILES string of the molecule is COc1ccc(OC)c(-c2ncn(C(C)(C)C)c2N)c1. The summed E-state index contributed by atoms with van der Waals surface area (Å²) in [5.41, 5.74) is 7.65. The van der Waals surface area contributed by atoms with Crippen LogP contribution in [0.25, 0.3) is 11.3 Å². The molecule has 0 saturated heterocycles. The van der Waals surface area contributed by atoms with Crippen molar-refractivity contribution in [2.45, 2.75) is 26.3 Å². The summed E-state index contributed by atoms with van der Waals surface area (Å²) in [7, 11) is 3.25. The van der Waals surface area contributed by atoms with Crippen molar-refractivity contribution in [3.8, 4) is 22.8 Å². The van der Waals surface area contributed by atoms with E-state index in [1.54, 1.807) is 20.5 Å². The minimum atomic E-state index is -0.124. The van der Waals surface area contributed by atoms with Crippen LogP contribution in [0.5, 0.6) is 11.5 Å². The molecule has 20 heavy (non-hydrogen) atoms. The standard InChI is InChI=1S/C15H21N3O2/c1-15(2,3)18-9-17-13(14(18)16)11-8-10(19-4)6-7-12(11)20-5/h6-9H,16H2,1-5H3. The molecule has 0 spiro atoms. The molecule has 5 nitrogen and oxygen atoms in total. The summed E-state index contributed by atoms with van der Waals surface area (Å²) in [6.45, 7) is 6.24. The number of imidazole rings is 1. The number of hydrogen-bond acceptors (Lipinski definition) is 4. The van der Waals surface area contributed by atoms with E-state index in [1.165, 1.54) is 0 Å². The van der Waals surface area contributed by atoms with Gasteiger partial charge in [0, 0.05) is 11.1 Å². The van der Waals surface area contributed by atoms with Crippen molar-refractivity contribution in [1.29, 1.82) is 0 Å². The molecule has 1 aromatic heterocycles. The molecule has 0 unspecified atom stereocenters. The van der Waals surface area contributed by atoms with Crippen LogP contribution in [-0.2, 0) is 5.54 Å². The maximum Gasteiger partial charge on any atom is 0.132 e. The maximum atomic E-state index is 6.24. The Bertz CT molecular complexity index is 612. The Hall–Kier alpha value is -2.17. The number of benzene rings is 1. The van der Waals surface area contributed by atoms with Gasteiger partial charge in [-0.2, -0.15) is 0 Å². The highest BCUT2D eigenvalue weighted by Crippen LogP contribution is 2.36. The van der Waals surface area contributed by atoms with Gasteiger partial charge in [0.15, 0.2) is 0 Å². The van der Waals surface area contributed by atoms with Crippen LogP contribution >= 0.6 is 0 Å². The summed E-state index contributed by atoms with van der Waals surface area (Å²) < 4.78 is 12.6. The first kappa shape index (κ1) is 14.2. The van der Waals surface area contributed by atoms with Crippen molar-refractivity contribution in [2.24, 2.45) is 0 Å². The van der Waals surface area contributed by atoms with E-state index < -0.39 is 0 Å². The van der Waals surface area contributed by atoms with Gasteiger partial charge >= 0.3 is 0 Å². The summed E-state index contributed by atoms with van der Waals surface area (Å²) in [6.07, 6.45) is 1.75. The second kappa shape index (κ2) is 5.07. The third-order valence-electron chi connectivity index (χ3n) is 3.19. The van der Waals surface area contributed by atoms with Crippen molar-refractivity contribution in [1.82, 2.24) is 9.55 Å². The molecular formula is C15H21N3O2. The topological polar surface area (TPSA) is 62.3 Å². The van der Waals surface area contributed by atoms with Gasteiger partial charge in [-0.3, -0.25) is 0 Å². The van der Waals surface area contributed by atoms with Crippen molar-refractivity contribution in [3.63, 3.8) is 0 Å². The first-order valence-electron chi connectivity index (χ1n) is 6.44. The van der Waals surface area contributed by atoms with Crippen LogP contribution in [0, 0.1) is 0 Å². The van der Waals surface area contributed by atoms with Crippen LogP contribution in [0.3, 0.4) is 0 Å². The third-order valence-corrected chi connectivity index (χ3v) is 3.19. The predicted molar refractivity (Wildman–Crippen MR) is 80.2 cm³/mol. The zero-order chi connectivity index (χ0) is 14.9. The predicted octanol–water partition coefficient (Wildman–Crippen LogP) is 2.90. The lowest BCUT2D eigenvalue weighted by Gasteiger charge is -2.22. The Balaban J connectivity index is 2.59. The Morgan fingerprint density at radius 2 is 1.85 bits per heavy atom. The van der Waals surface area contributed by atoms with Crippen LogP contribution in [0.2, 0.25) is 0 Å². The van der Waals surface area contributed by atoms with Gasteiger partial charge in [0.05, 0.1) is 20.5 Å². The number of aromatic nitrogens is 2. The quantitative estimate of drug-likeness (QED) is 0.935. The van der Waals surface area contributed by atoms with E-state index in [4.69, 9.17) is 15.2 Å². The molecular weight excluding hydrogens is 254 g/mol. The minimum absolute atomic E-state index is 0.124. The Morgan fingerprint density at radius 1 is 1.15 bits per heavy atom. The lowest BCUT2D eigenvalue weighted by atomic mass is 10.1. The van der Waals surface area contributed by atoms with Gasteiger partial charge in [0.25, 0.3) is 0 Å². The van der Waals surface area contributed by atoms with Gasteiger partial charge in [0.2, 0.25) is 0 Å². The summed E-state index contributed by atoms with van der Waals surface area (Å²) in [6, 6.07) is 5.58. The number of nitrogens with two attached hydrogens (primary N) is 1. The monoisotopic (exact) mass is 275 g/mol. The molecule has 0 saturated carbocycles. The zero-order valence-corrected chi connectivity index (χ0v) is 12.6. The largest absolute Gasteiger partial charge is 0.497 e. The lowest BCUT2D eigenvalue weighted by Crippen LogP contribution is -2.22. The molecule has 1 aromatic carbocycles. The second-order valence-corrected chi connectivity index (χ2v) is 5.59. The summed E-state index contributed by atoms with van der Waals surface area (Å²) >= 11 is 0. The number of nitrogens with zero attached hydrogens (tertiary/aromatic N) is 2. The molecule has 2 rings (SSSR count). The fraction of sp³-hybridized carbons (Fsp3) is 0.400. The Labute approximate surface area is 119 Å². The van der Waals surface area contributed by atoms with Crippen LogP contribution < -0.4 is 15.2 Å². The molecule has 0 aliphatic rings. The number of rotatable bonds is 3. The van der Waals surface area contributed by atoms with Crippen LogP contribution in [0.15, 0.2) is 24.5 Å². The van der Waals surface area contributed by atoms with E-state index in [2.05, 4.69) is 25.8 Å². The van der Waals surface area contributed by atoms with E-state index in [9.17, 15) is 0 Å². The molecule has 0 radical (unpaired) electrons. The second-order valence-electron chi connectivity index (χ2n) is 5.59. The third kappa shape index (κ3) is 2.43. The normalized spacial score (nSPS) is 11.4. The number of nitrogen functional groups attached to an aromatic ring is 1. The minimum Gasteiger partial charge on any atom is -0.497 e.